The van der Waals surface area contributed by atoms with Crippen LogP contribution in [0.2, 0.25) is 0 Å². The van der Waals surface area contributed by atoms with Crippen LogP contribution in [-0.2, 0) is 0 Å². The van der Waals surface area contributed by atoms with Gasteiger partial charge in [0, 0.05) is 10.1 Å². The number of H-pyrrole nitrogens is 1. The Labute approximate surface area is 109 Å². The first-order valence-electron chi connectivity index (χ1n) is 5.48. The van der Waals surface area contributed by atoms with Gasteiger partial charge in [-0.15, -0.1) is 20.7 Å². The van der Waals surface area contributed by atoms with Crippen LogP contribution in [0.1, 0.15) is 12.7 Å². The molecule has 0 spiro atoms. The summed E-state index contributed by atoms with van der Waals surface area (Å²) in [7, 11) is 0. The highest BCUT2D eigenvalue weighted by molar-refractivity contribution is 14.2. The van der Waals surface area contributed by atoms with Gasteiger partial charge in [-0.05, 0) is 16.1 Å². The summed E-state index contributed by atoms with van der Waals surface area (Å²) >= 11 is 0.0258. The van der Waals surface area contributed by atoms with Crippen LogP contribution in [0.25, 0.3) is 11.0 Å². The van der Waals surface area contributed by atoms with Crippen molar-refractivity contribution in [3.63, 3.8) is 0 Å². The molecule has 17 heavy (non-hydrogen) atoms. The second kappa shape index (κ2) is 4.52. The van der Waals surface area contributed by atoms with E-state index in [1.807, 2.05) is 30.5 Å². The fourth-order valence-electron chi connectivity index (χ4n) is 1.66. The summed E-state index contributed by atoms with van der Waals surface area (Å²) in [5, 5.41) is 0. The average molecular weight is 337 g/mol. The zero-order chi connectivity index (χ0) is 11.7. The summed E-state index contributed by atoms with van der Waals surface area (Å²) in [5.74, 6) is 0.879. The van der Waals surface area contributed by atoms with Crippen molar-refractivity contribution in [1.82, 2.24) is 9.97 Å². The van der Waals surface area contributed by atoms with Gasteiger partial charge in [0.15, 0.2) is 5.82 Å². The Morgan fingerprint density at radius 3 is 3.06 bits per heavy atom. The molecule has 1 unspecified atom stereocenters. The number of imidazole rings is 1. The Kier molecular flexibility index (Phi) is 2.88. The predicted octanol–water partition coefficient (Wildman–Crippen LogP) is 3.04. The summed E-state index contributed by atoms with van der Waals surface area (Å²) < 4.78 is 2.90. The van der Waals surface area contributed by atoms with Crippen molar-refractivity contribution in [2.75, 3.05) is 0 Å². The van der Waals surface area contributed by atoms with Crippen LogP contribution in [-0.4, -0.2) is 23.6 Å². The van der Waals surface area contributed by atoms with E-state index in [2.05, 4.69) is 32.0 Å². The summed E-state index contributed by atoms with van der Waals surface area (Å²) in [6.45, 7) is 2.23. The summed E-state index contributed by atoms with van der Waals surface area (Å²) in [5.41, 5.74) is 3.05. The normalized spacial score (nSPS) is 19.8. The number of halogens is 1. The molecule has 0 fully saturated rings. The molecule has 2 aromatic rings. The number of aromatic nitrogens is 2. The lowest BCUT2D eigenvalue weighted by Gasteiger charge is -1.93. The van der Waals surface area contributed by atoms with Crippen LogP contribution < -0.4 is 0 Å². The highest BCUT2D eigenvalue weighted by Gasteiger charge is 2.08. The topological polar surface area (TPSA) is 41.0 Å². The van der Waals surface area contributed by atoms with Gasteiger partial charge >= 0.3 is 0 Å². The van der Waals surface area contributed by atoms with E-state index in [4.69, 9.17) is 0 Å². The molecule has 0 aliphatic carbocycles. The molecule has 1 aromatic heterocycles. The summed E-state index contributed by atoms with van der Waals surface area (Å²) in [6.07, 6.45) is 4.07. The number of hydrogen-bond donors (Lipinski definition) is 1. The number of benzene rings is 1. The first-order chi connectivity index (χ1) is 8.33. The Balaban J connectivity index is 2.07. The molecule has 1 aliphatic rings. The maximum Gasteiger partial charge on any atom is 0.157 e. The average Bonchev–Trinajstić information content (AvgIpc) is 2.65. The number of nitrogens with one attached hydrogen (secondary N) is 1. The summed E-state index contributed by atoms with van der Waals surface area (Å²) in [6, 6.07) is 8.06. The van der Waals surface area contributed by atoms with E-state index in [0.717, 1.165) is 22.6 Å². The van der Waals surface area contributed by atoms with Gasteiger partial charge in [0.25, 0.3) is 0 Å². The van der Waals surface area contributed by atoms with Gasteiger partial charge in [0.05, 0.1) is 11.0 Å². The molecule has 3 nitrogen and oxygen atoms in total. The van der Waals surface area contributed by atoms with Crippen LogP contribution in [0.3, 0.4) is 0 Å². The molecule has 0 radical (unpaired) electrons. The number of aliphatic imine (C=N–C) groups is 1. The third-order valence-electron chi connectivity index (χ3n) is 2.56. The van der Waals surface area contributed by atoms with E-state index in [0.29, 0.717) is 3.92 Å². The Morgan fingerprint density at radius 2 is 2.18 bits per heavy atom. The second-order valence-corrected chi connectivity index (χ2v) is 7.18. The molecule has 1 N–H and O–H groups in total. The van der Waals surface area contributed by atoms with Crippen LogP contribution >= 0.6 is 20.7 Å². The van der Waals surface area contributed by atoms with Gasteiger partial charge in [-0.1, -0.05) is 25.1 Å². The molecular weight excluding hydrogens is 325 g/mol. The van der Waals surface area contributed by atoms with Gasteiger partial charge < -0.3 is 4.98 Å². The largest absolute Gasteiger partial charge is 0.337 e. The number of fused-ring (bicyclic) bond motifs is 1. The highest BCUT2D eigenvalue weighted by Crippen LogP contribution is 2.15. The Bertz CT molecular complexity index is 604. The van der Waals surface area contributed by atoms with E-state index >= 15 is 0 Å². The minimum absolute atomic E-state index is 0.0258. The fourth-order valence-corrected chi connectivity index (χ4v) is 3.45. The highest BCUT2D eigenvalue weighted by atomic mass is 127. The Morgan fingerprint density at radius 1 is 1.29 bits per heavy atom. The molecule has 1 atom stereocenters. The van der Waals surface area contributed by atoms with Crippen LogP contribution in [0.5, 0.6) is 0 Å². The van der Waals surface area contributed by atoms with Crippen LogP contribution in [0.4, 0.5) is 0 Å². The third kappa shape index (κ3) is 2.22. The molecule has 2 heterocycles. The lowest BCUT2D eigenvalue weighted by molar-refractivity contribution is 1.27. The van der Waals surface area contributed by atoms with Crippen molar-refractivity contribution in [3.8, 4) is 0 Å². The van der Waals surface area contributed by atoms with Crippen LogP contribution in [0, 0.1) is 0 Å². The van der Waals surface area contributed by atoms with Crippen molar-refractivity contribution >= 4 is 41.5 Å². The number of rotatable bonds is 1. The standard InChI is InChI=1S/C13H12IN3/c1-9-6-7-15-12(8-14-9)13-16-10-4-2-3-5-11(10)17-13/h2-9H,1H3,(H,16,17). The molecule has 0 saturated heterocycles. The quantitative estimate of drug-likeness (QED) is 0.631. The first-order valence-corrected chi connectivity index (χ1v) is 7.97. The van der Waals surface area contributed by atoms with Crippen molar-refractivity contribution in [1.29, 1.82) is 0 Å². The van der Waals surface area contributed by atoms with Gasteiger partial charge in [-0.2, -0.15) is 0 Å². The molecule has 0 saturated carbocycles. The monoisotopic (exact) mass is 337 g/mol. The number of aromatic amines is 1. The van der Waals surface area contributed by atoms with E-state index in [1.54, 1.807) is 0 Å². The summed E-state index contributed by atoms with van der Waals surface area (Å²) in [4.78, 5) is 12.3. The lowest BCUT2D eigenvalue weighted by Crippen LogP contribution is -2.02. The molecule has 0 amide bonds. The zero-order valence-corrected chi connectivity index (χ0v) is 11.5. The minimum atomic E-state index is 0.0258. The van der Waals surface area contributed by atoms with E-state index in [1.165, 1.54) is 0 Å². The van der Waals surface area contributed by atoms with Crippen molar-refractivity contribution in [3.05, 3.63) is 42.4 Å². The maximum absolute atomic E-state index is 4.57. The van der Waals surface area contributed by atoms with Crippen molar-refractivity contribution < 1.29 is 0 Å². The molecule has 4 heteroatoms. The second-order valence-electron chi connectivity index (χ2n) is 3.87. The minimum Gasteiger partial charge on any atom is -0.337 e. The number of allylic oxidation sites excluding steroid dienone is 1. The molecule has 1 aliphatic heterocycles. The molecule has 0 bridgehead atoms. The zero-order valence-electron chi connectivity index (χ0n) is 9.39. The molecule has 86 valence electrons. The van der Waals surface area contributed by atoms with Crippen molar-refractivity contribution in [2.24, 2.45) is 4.99 Å². The number of hydrogen-bond acceptors (Lipinski definition) is 2. The SMILES string of the molecule is CC1C=CN=C(c2nc3ccccc3[nH]2)C=I1. The maximum atomic E-state index is 4.57. The Hall–Kier alpha value is -1.30. The van der Waals surface area contributed by atoms with E-state index in [9.17, 15) is 0 Å². The third-order valence-corrected chi connectivity index (χ3v) is 5.06. The number of nitrogens with zero attached hydrogens (tertiary/aromatic N) is 2. The lowest BCUT2D eigenvalue weighted by atomic mass is 10.3. The van der Waals surface area contributed by atoms with Gasteiger partial charge in [0.1, 0.15) is 5.71 Å². The van der Waals surface area contributed by atoms with Gasteiger partial charge in [-0.25, -0.2) is 4.98 Å². The first kappa shape index (κ1) is 10.8. The molecule has 1 aromatic carbocycles. The van der Waals surface area contributed by atoms with E-state index in [-0.39, 0.29) is 20.7 Å². The predicted molar refractivity (Wildman–Crippen MR) is 81.3 cm³/mol. The smallest absolute Gasteiger partial charge is 0.157 e. The van der Waals surface area contributed by atoms with Crippen LogP contribution in [0.15, 0.2) is 41.5 Å². The van der Waals surface area contributed by atoms with E-state index < -0.39 is 0 Å². The number of alkyl halides is 1. The van der Waals surface area contributed by atoms with Gasteiger partial charge in [0.2, 0.25) is 0 Å². The molecule has 3 rings (SSSR count). The van der Waals surface area contributed by atoms with Crippen molar-refractivity contribution in [2.45, 2.75) is 10.8 Å². The molecular formula is C13H12IN3. The fraction of sp³-hybridized carbons (Fsp3) is 0.154. The number of para-hydroxylation sites is 2. The van der Waals surface area contributed by atoms with Gasteiger partial charge in [-0.3, -0.25) is 4.99 Å².